The van der Waals surface area contributed by atoms with E-state index in [0.717, 1.165) is 0 Å². The molecule has 4 N–H and O–H groups in total. The van der Waals surface area contributed by atoms with Gasteiger partial charge in [-0.25, -0.2) is 0 Å². The zero-order valence-corrected chi connectivity index (χ0v) is 7.66. The first-order chi connectivity index (χ1) is 6.09. The molecule has 1 amide bonds. The Balaban J connectivity index is 2.24. The predicted molar refractivity (Wildman–Crippen MR) is 47.1 cm³/mol. The van der Waals surface area contributed by atoms with Crippen molar-refractivity contribution in [2.24, 2.45) is 0 Å². The van der Waals surface area contributed by atoms with Crippen molar-refractivity contribution in [1.82, 2.24) is 10.6 Å². The van der Waals surface area contributed by atoms with E-state index >= 15 is 0 Å². The van der Waals surface area contributed by atoms with Gasteiger partial charge in [0.1, 0.15) is 0 Å². The van der Waals surface area contributed by atoms with Gasteiger partial charge in [-0.2, -0.15) is 0 Å². The van der Waals surface area contributed by atoms with Crippen molar-refractivity contribution in [3.05, 3.63) is 0 Å². The smallest absolute Gasteiger partial charge is 0.237 e. The summed E-state index contributed by atoms with van der Waals surface area (Å²) in [5, 5.41) is 23.5. The van der Waals surface area contributed by atoms with Crippen molar-refractivity contribution in [1.29, 1.82) is 0 Å². The molecule has 1 heterocycles. The van der Waals surface area contributed by atoms with Crippen LogP contribution in [0.5, 0.6) is 0 Å². The molecule has 0 aliphatic carbocycles. The van der Waals surface area contributed by atoms with Crippen LogP contribution in [0.2, 0.25) is 0 Å². The summed E-state index contributed by atoms with van der Waals surface area (Å²) in [5.74, 6) is -0.155. The molecule has 0 aromatic heterocycles. The average molecular weight is 188 g/mol. The van der Waals surface area contributed by atoms with Crippen LogP contribution >= 0.6 is 0 Å². The highest BCUT2D eigenvalue weighted by atomic mass is 16.3. The van der Waals surface area contributed by atoms with E-state index in [1.165, 1.54) is 0 Å². The lowest BCUT2D eigenvalue weighted by Crippen LogP contribution is -2.42. The lowest BCUT2D eigenvalue weighted by molar-refractivity contribution is -0.123. The van der Waals surface area contributed by atoms with Gasteiger partial charge in [-0.1, -0.05) is 0 Å². The van der Waals surface area contributed by atoms with Crippen LogP contribution in [0.1, 0.15) is 13.3 Å². The van der Waals surface area contributed by atoms with Crippen LogP contribution < -0.4 is 10.6 Å². The Hall–Kier alpha value is -0.650. The first-order valence-corrected chi connectivity index (χ1v) is 4.47. The maximum absolute atomic E-state index is 11.3. The standard InChI is InChI=1S/C8H16N2O3/c1-5(11)3-10-8(13)7-2-6(12)4-9-7/h5-7,9,11-12H,2-4H2,1H3,(H,10,13)/t5-,6?,7?/m1/s1. The molecule has 1 saturated heterocycles. The minimum Gasteiger partial charge on any atom is -0.392 e. The topological polar surface area (TPSA) is 81.6 Å². The van der Waals surface area contributed by atoms with Crippen molar-refractivity contribution in [2.45, 2.75) is 31.6 Å². The fraction of sp³-hybridized carbons (Fsp3) is 0.875. The van der Waals surface area contributed by atoms with Gasteiger partial charge < -0.3 is 20.8 Å². The van der Waals surface area contributed by atoms with E-state index in [9.17, 15) is 4.79 Å². The molecule has 1 aliphatic heterocycles. The minimum atomic E-state index is -0.532. The van der Waals surface area contributed by atoms with Gasteiger partial charge in [-0.15, -0.1) is 0 Å². The van der Waals surface area contributed by atoms with Crippen molar-refractivity contribution in [3.8, 4) is 0 Å². The molecule has 0 radical (unpaired) electrons. The van der Waals surface area contributed by atoms with Crippen molar-refractivity contribution >= 4 is 5.91 Å². The summed E-state index contributed by atoms with van der Waals surface area (Å²) >= 11 is 0. The van der Waals surface area contributed by atoms with Crippen molar-refractivity contribution in [3.63, 3.8) is 0 Å². The molecule has 76 valence electrons. The van der Waals surface area contributed by atoms with Gasteiger partial charge in [0.05, 0.1) is 18.2 Å². The van der Waals surface area contributed by atoms with Crippen LogP contribution in [0.4, 0.5) is 0 Å². The maximum atomic E-state index is 11.3. The largest absolute Gasteiger partial charge is 0.392 e. The summed E-state index contributed by atoms with van der Waals surface area (Å²) < 4.78 is 0. The third-order valence-electron chi connectivity index (χ3n) is 2.00. The van der Waals surface area contributed by atoms with E-state index in [1.54, 1.807) is 6.92 Å². The summed E-state index contributed by atoms with van der Waals surface area (Å²) in [5.41, 5.74) is 0. The first kappa shape index (κ1) is 10.4. The quantitative estimate of drug-likeness (QED) is 0.421. The van der Waals surface area contributed by atoms with Crippen molar-refractivity contribution in [2.75, 3.05) is 13.1 Å². The molecule has 5 heteroatoms. The Bertz CT molecular complexity index is 184. The summed E-state index contributed by atoms with van der Waals surface area (Å²) in [6, 6.07) is -0.311. The van der Waals surface area contributed by atoms with Crippen LogP contribution in [0.3, 0.4) is 0 Å². The number of hydrogen-bond acceptors (Lipinski definition) is 4. The Kier molecular flexibility index (Phi) is 3.65. The van der Waals surface area contributed by atoms with Crippen LogP contribution in [0.25, 0.3) is 0 Å². The van der Waals surface area contributed by atoms with E-state index in [0.29, 0.717) is 13.0 Å². The molecule has 13 heavy (non-hydrogen) atoms. The van der Waals surface area contributed by atoms with Gasteiger partial charge in [0.25, 0.3) is 0 Å². The monoisotopic (exact) mass is 188 g/mol. The van der Waals surface area contributed by atoms with E-state index in [4.69, 9.17) is 10.2 Å². The second-order valence-electron chi connectivity index (χ2n) is 3.44. The molecule has 5 nitrogen and oxygen atoms in total. The van der Waals surface area contributed by atoms with E-state index < -0.39 is 12.2 Å². The zero-order chi connectivity index (χ0) is 9.84. The summed E-state index contributed by atoms with van der Waals surface area (Å²) in [7, 11) is 0. The number of hydrogen-bond donors (Lipinski definition) is 4. The normalized spacial score (nSPS) is 30.1. The predicted octanol–water partition coefficient (Wildman–Crippen LogP) is -1.79. The number of rotatable bonds is 3. The third kappa shape index (κ3) is 3.30. The molecule has 1 fully saturated rings. The van der Waals surface area contributed by atoms with Gasteiger partial charge in [0, 0.05) is 13.1 Å². The molecular weight excluding hydrogens is 172 g/mol. The first-order valence-electron chi connectivity index (χ1n) is 4.47. The summed E-state index contributed by atoms with van der Waals surface area (Å²) in [4.78, 5) is 11.3. The third-order valence-corrected chi connectivity index (χ3v) is 2.00. The van der Waals surface area contributed by atoms with Crippen LogP contribution in [-0.2, 0) is 4.79 Å². The Morgan fingerprint density at radius 2 is 2.46 bits per heavy atom. The fourth-order valence-electron chi connectivity index (χ4n) is 1.29. The van der Waals surface area contributed by atoms with Gasteiger partial charge in [0.2, 0.25) is 5.91 Å². The highest BCUT2D eigenvalue weighted by Gasteiger charge is 2.27. The molecule has 3 atom stereocenters. The molecule has 0 aromatic rings. The highest BCUT2D eigenvalue weighted by Crippen LogP contribution is 2.05. The van der Waals surface area contributed by atoms with E-state index in [-0.39, 0.29) is 18.5 Å². The Morgan fingerprint density at radius 1 is 1.77 bits per heavy atom. The second-order valence-corrected chi connectivity index (χ2v) is 3.44. The van der Waals surface area contributed by atoms with Gasteiger partial charge in [-0.05, 0) is 13.3 Å². The molecule has 1 aliphatic rings. The van der Waals surface area contributed by atoms with E-state index in [2.05, 4.69) is 10.6 Å². The number of aliphatic hydroxyl groups is 2. The van der Waals surface area contributed by atoms with Crippen molar-refractivity contribution < 1.29 is 15.0 Å². The highest BCUT2D eigenvalue weighted by molar-refractivity contribution is 5.82. The molecule has 1 rings (SSSR count). The number of aliphatic hydroxyl groups excluding tert-OH is 2. The molecule has 0 bridgehead atoms. The maximum Gasteiger partial charge on any atom is 0.237 e. The number of amides is 1. The molecule has 0 saturated carbocycles. The van der Waals surface area contributed by atoms with Crippen LogP contribution in [-0.4, -0.2) is 47.5 Å². The lowest BCUT2D eigenvalue weighted by atomic mass is 10.2. The lowest BCUT2D eigenvalue weighted by Gasteiger charge is -2.11. The molecule has 0 aromatic carbocycles. The number of carbonyl (C=O) groups excluding carboxylic acids is 1. The SMILES string of the molecule is C[C@@H](O)CNC(=O)C1CC(O)CN1. The number of nitrogens with one attached hydrogen (secondary N) is 2. The fourth-order valence-corrected chi connectivity index (χ4v) is 1.29. The average Bonchev–Trinajstić information content (AvgIpc) is 2.47. The molecular formula is C8H16N2O3. The number of carbonyl (C=O) groups is 1. The van der Waals surface area contributed by atoms with Crippen LogP contribution in [0, 0.1) is 0 Å². The molecule has 0 spiro atoms. The van der Waals surface area contributed by atoms with E-state index in [1.807, 2.05) is 0 Å². The summed E-state index contributed by atoms with van der Waals surface area (Å²) in [6.45, 7) is 2.33. The van der Waals surface area contributed by atoms with Crippen LogP contribution in [0.15, 0.2) is 0 Å². The number of β-amino-alcohol motifs (C(OH)–C–C–N with tert-alkyl or cyclic N) is 1. The second kappa shape index (κ2) is 4.55. The molecule has 2 unspecified atom stereocenters. The van der Waals surface area contributed by atoms with Gasteiger partial charge >= 0.3 is 0 Å². The Labute approximate surface area is 77.1 Å². The Morgan fingerprint density at radius 3 is 2.92 bits per heavy atom. The zero-order valence-electron chi connectivity index (χ0n) is 7.66. The van der Waals surface area contributed by atoms with Gasteiger partial charge in [-0.3, -0.25) is 4.79 Å². The summed E-state index contributed by atoms with van der Waals surface area (Å²) in [6.07, 6.45) is -0.511. The van der Waals surface area contributed by atoms with Gasteiger partial charge in [0.15, 0.2) is 0 Å². The minimum absolute atomic E-state index is 0.155.